The van der Waals surface area contributed by atoms with Crippen molar-refractivity contribution in [2.45, 2.75) is 50.8 Å². The van der Waals surface area contributed by atoms with Gasteiger partial charge in [-0.3, -0.25) is 4.90 Å². The van der Waals surface area contributed by atoms with Crippen molar-refractivity contribution in [3.8, 4) is 0 Å². The minimum Gasteiger partial charge on any atom is -0.378 e. The number of hydrogen-bond acceptors (Lipinski definition) is 6. The third kappa shape index (κ3) is 3.03. The molecule has 0 amide bonds. The van der Waals surface area contributed by atoms with Gasteiger partial charge in [0.05, 0.1) is 12.3 Å². The molecular weight excluding hydrogens is 292 g/mol. The lowest BCUT2D eigenvalue weighted by Crippen LogP contribution is -2.33. The van der Waals surface area contributed by atoms with Crippen LogP contribution in [0.4, 0.5) is 5.82 Å². The molecule has 1 aliphatic heterocycles. The van der Waals surface area contributed by atoms with Crippen molar-refractivity contribution < 1.29 is 4.74 Å². The maximum Gasteiger partial charge on any atom is 0.254 e. The molecule has 0 spiro atoms. The largest absolute Gasteiger partial charge is 0.378 e. The summed E-state index contributed by atoms with van der Waals surface area (Å²) in [6.45, 7) is 2.79. The predicted octanol–water partition coefficient (Wildman–Crippen LogP) is 1.70. The third-order valence-corrected chi connectivity index (χ3v) is 5.01. The molecule has 7 heteroatoms. The Morgan fingerprint density at radius 1 is 1.30 bits per heavy atom. The second kappa shape index (κ2) is 6.41. The fraction of sp³-hybridized carbons (Fsp3) is 0.688. The molecule has 2 aliphatic rings. The van der Waals surface area contributed by atoms with Gasteiger partial charge in [-0.2, -0.15) is 14.6 Å². The number of likely N-dealkylation sites (tertiary alicyclic amines) is 1. The van der Waals surface area contributed by atoms with Crippen molar-refractivity contribution in [2.24, 2.45) is 0 Å². The van der Waals surface area contributed by atoms with Gasteiger partial charge in [-0.05, 0) is 19.3 Å². The van der Waals surface area contributed by atoms with E-state index >= 15 is 0 Å². The minimum atomic E-state index is 0.459. The van der Waals surface area contributed by atoms with Gasteiger partial charge in [0.25, 0.3) is 5.78 Å². The zero-order valence-corrected chi connectivity index (χ0v) is 13.6. The second-order valence-corrected chi connectivity index (χ2v) is 6.60. The highest BCUT2D eigenvalue weighted by Crippen LogP contribution is 2.27. The number of ether oxygens (including phenoxy) is 1. The van der Waals surface area contributed by atoms with Crippen molar-refractivity contribution in [2.75, 3.05) is 25.5 Å². The second-order valence-electron chi connectivity index (χ2n) is 6.60. The molecule has 7 nitrogen and oxygen atoms in total. The Labute approximate surface area is 136 Å². The van der Waals surface area contributed by atoms with E-state index in [-0.39, 0.29) is 0 Å². The molecule has 0 bridgehead atoms. The molecule has 23 heavy (non-hydrogen) atoms. The van der Waals surface area contributed by atoms with Crippen LogP contribution in [0.15, 0.2) is 12.4 Å². The highest BCUT2D eigenvalue weighted by Gasteiger charge is 2.30. The van der Waals surface area contributed by atoms with E-state index in [1.165, 1.54) is 38.6 Å². The van der Waals surface area contributed by atoms with Gasteiger partial charge in [-0.25, -0.2) is 4.98 Å². The Morgan fingerprint density at radius 3 is 3.00 bits per heavy atom. The number of nitrogens with one attached hydrogen (secondary N) is 1. The van der Waals surface area contributed by atoms with Gasteiger partial charge >= 0.3 is 0 Å². The van der Waals surface area contributed by atoms with E-state index in [0.29, 0.717) is 18.4 Å². The van der Waals surface area contributed by atoms with E-state index in [0.717, 1.165) is 24.1 Å². The van der Waals surface area contributed by atoms with Crippen molar-refractivity contribution in [3.63, 3.8) is 0 Å². The lowest BCUT2D eigenvalue weighted by molar-refractivity contribution is 0.181. The number of aromatic nitrogens is 4. The van der Waals surface area contributed by atoms with Crippen LogP contribution in [-0.2, 0) is 11.3 Å². The first-order valence-corrected chi connectivity index (χ1v) is 8.52. The van der Waals surface area contributed by atoms with Crippen LogP contribution < -0.4 is 5.32 Å². The van der Waals surface area contributed by atoms with Gasteiger partial charge in [0.15, 0.2) is 0 Å². The summed E-state index contributed by atoms with van der Waals surface area (Å²) in [5, 5.41) is 7.93. The molecule has 3 heterocycles. The number of methoxy groups -OCH3 is 1. The van der Waals surface area contributed by atoms with Crippen LogP contribution in [-0.4, -0.2) is 56.8 Å². The lowest BCUT2D eigenvalue weighted by atomic mass is 10.2. The van der Waals surface area contributed by atoms with Gasteiger partial charge in [0.1, 0.15) is 12.1 Å². The SMILES string of the molecule is COCc1cc(NC2CCN(C3CCCC3)C2)n2ncnc2n1. The van der Waals surface area contributed by atoms with E-state index in [1.807, 2.05) is 6.07 Å². The van der Waals surface area contributed by atoms with Crippen molar-refractivity contribution in [3.05, 3.63) is 18.1 Å². The van der Waals surface area contributed by atoms with E-state index < -0.39 is 0 Å². The average Bonchev–Trinajstić information content (AvgIpc) is 3.28. The standard InChI is InChI=1S/C16H24N6O/c1-23-10-13-8-15(22-16(20-13)17-11-18-22)19-12-6-7-21(9-12)14-4-2-3-5-14/h8,11-12,14,19H,2-7,9-10H2,1H3. The zero-order valence-electron chi connectivity index (χ0n) is 13.6. The number of anilines is 1. The molecule has 1 saturated heterocycles. The van der Waals surface area contributed by atoms with Crippen LogP contribution >= 0.6 is 0 Å². The molecule has 1 unspecified atom stereocenters. The molecule has 1 N–H and O–H groups in total. The lowest BCUT2D eigenvalue weighted by Gasteiger charge is -2.23. The van der Waals surface area contributed by atoms with Crippen LogP contribution in [0, 0.1) is 0 Å². The van der Waals surface area contributed by atoms with E-state index in [2.05, 4.69) is 25.3 Å². The summed E-state index contributed by atoms with van der Waals surface area (Å²) in [5.41, 5.74) is 0.876. The van der Waals surface area contributed by atoms with E-state index in [4.69, 9.17) is 4.74 Å². The van der Waals surface area contributed by atoms with Gasteiger partial charge in [0.2, 0.25) is 0 Å². The van der Waals surface area contributed by atoms with Gasteiger partial charge in [-0.1, -0.05) is 12.8 Å². The topological polar surface area (TPSA) is 67.6 Å². The van der Waals surface area contributed by atoms with Gasteiger partial charge in [0, 0.05) is 38.3 Å². The quantitative estimate of drug-likeness (QED) is 0.905. The molecular formula is C16H24N6O. The smallest absolute Gasteiger partial charge is 0.254 e. The molecule has 2 aromatic heterocycles. The number of rotatable bonds is 5. The molecule has 1 atom stereocenters. The number of fused-ring (bicyclic) bond motifs is 1. The number of hydrogen-bond donors (Lipinski definition) is 1. The van der Waals surface area contributed by atoms with Crippen LogP contribution in [0.2, 0.25) is 0 Å². The molecule has 0 aromatic carbocycles. The monoisotopic (exact) mass is 316 g/mol. The first kappa shape index (κ1) is 14.8. The molecule has 4 rings (SSSR count). The van der Waals surface area contributed by atoms with Crippen LogP contribution in [0.25, 0.3) is 5.78 Å². The maximum absolute atomic E-state index is 5.21. The average molecular weight is 316 g/mol. The summed E-state index contributed by atoms with van der Waals surface area (Å²) in [6, 6.07) is 3.28. The van der Waals surface area contributed by atoms with Gasteiger partial charge < -0.3 is 10.1 Å². The summed E-state index contributed by atoms with van der Waals surface area (Å²) >= 11 is 0. The Kier molecular flexibility index (Phi) is 4.13. The molecule has 1 saturated carbocycles. The highest BCUT2D eigenvalue weighted by molar-refractivity contribution is 5.45. The van der Waals surface area contributed by atoms with Gasteiger partial charge in [-0.15, -0.1) is 0 Å². The van der Waals surface area contributed by atoms with Crippen LogP contribution in [0.1, 0.15) is 37.8 Å². The molecule has 2 fully saturated rings. The molecule has 124 valence electrons. The Morgan fingerprint density at radius 2 is 2.17 bits per heavy atom. The summed E-state index contributed by atoms with van der Waals surface area (Å²) in [5.74, 6) is 1.57. The summed E-state index contributed by atoms with van der Waals surface area (Å²) < 4.78 is 6.98. The van der Waals surface area contributed by atoms with Crippen molar-refractivity contribution in [1.82, 2.24) is 24.5 Å². The normalized spacial score (nSPS) is 23.1. The number of nitrogens with zero attached hydrogens (tertiary/aromatic N) is 5. The summed E-state index contributed by atoms with van der Waals surface area (Å²) in [4.78, 5) is 11.3. The molecule has 2 aromatic rings. The Bertz CT molecular complexity index is 666. The third-order valence-electron chi connectivity index (χ3n) is 5.01. The summed E-state index contributed by atoms with van der Waals surface area (Å²) in [6.07, 6.45) is 8.24. The predicted molar refractivity (Wildman–Crippen MR) is 87.4 cm³/mol. The van der Waals surface area contributed by atoms with Crippen LogP contribution in [0.5, 0.6) is 0 Å². The van der Waals surface area contributed by atoms with E-state index in [9.17, 15) is 0 Å². The maximum atomic E-state index is 5.21. The van der Waals surface area contributed by atoms with Crippen molar-refractivity contribution in [1.29, 1.82) is 0 Å². The minimum absolute atomic E-state index is 0.459. The van der Waals surface area contributed by atoms with E-state index in [1.54, 1.807) is 18.0 Å². The highest BCUT2D eigenvalue weighted by atomic mass is 16.5. The van der Waals surface area contributed by atoms with Crippen molar-refractivity contribution >= 4 is 11.6 Å². The van der Waals surface area contributed by atoms with Crippen LogP contribution in [0.3, 0.4) is 0 Å². The zero-order chi connectivity index (χ0) is 15.6. The first-order chi connectivity index (χ1) is 11.3. The fourth-order valence-corrected chi connectivity index (χ4v) is 3.90. The molecule has 1 aliphatic carbocycles. The molecule has 0 radical (unpaired) electrons. The summed E-state index contributed by atoms with van der Waals surface area (Å²) in [7, 11) is 1.68. The Hall–Kier alpha value is -1.73. The first-order valence-electron chi connectivity index (χ1n) is 8.52. The fourth-order valence-electron chi connectivity index (χ4n) is 3.90. The Balaban J connectivity index is 1.50.